The number of hydrogen-bond acceptors (Lipinski definition) is 1. The Morgan fingerprint density at radius 1 is 1.08 bits per heavy atom. The number of nitriles is 1. The zero-order chi connectivity index (χ0) is 17.7. The summed E-state index contributed by atoms with van der Waals surface area (Å²) in [6.07, 6.45) is 18.5. The molecule has 4 aliphatic rings. The lowest BCUT2D eigenvalue weighted by Gasteiger charge is -2.59. The second-order valence-corrected chi connectivity index (χ2v) is 10.4. The van der Waals surface area contributed by atoms with E-state index in [0.29, 0.717) is 10.8 Å². The van der Waals surface area contributed by atoms with Crippen LogP contribution in [0.15, 0.2) is 12.2 Å². The Balaban J connectivity index is 1.56. The molecule has 0 aromatic carbocycles. The van der Waals surface area contributed by atoms with Crippen LogP contribution in [0.25, 0.3) is 0 Å². The Morgan fingerprint density at radius 2 is 1.92 bits per heavy atom. The fourth-order valence-corrected chi connectivity index (χ4v) is 8.29. The van der Waals surface area contributed by atoms with Crippen LogP contribution >= 0.6 is 0 Å². The van der Waals surface area contributed by atoms with Gasteiger partial charge in [0.25, 0.3) is 0 Å². The van der Waals surface area contributed by atoms with Crippen molar-refractivity contribution in [1.82, 2.24) is 0 Å². The van der Waals surface area contributed by atoms with Crippen LogP contribution in [0, 0.1) is 57.7 Å². The minimum absolute atomic E-state index is 0.493. The first-order valence-corrected chi connectivity index (χ1v) is 11.1. The second-order valence-electron chi connectivity index (χ2n) is 10.4. The molecule has 0 saturated heterocycles. The third kappa shape index (κ3) is 2.62. The number of allylic oxidation sites excluding steroid dienone is 2. The molecule has 1 heteroatoms. The highest BCUT2D eigenvalue weighted by Crippen LogP contribution is 2.67. The fraction of sp³-hybridized carbons (Fsp3) is 0.875. The van der Waals surface area contributed by atoms with Gasteiger partial charge in [-0.05, 0) is 104 Å². The molecule has 0 N–H and O–H groups in total. The predicted molar refractivity (Wildman–Crippen MR) is 104 cm³/mol. The zero-order valence-corrected chi connectivity index (χ0v) is 16.6. The van der Waals surface area contributed by atoms with Crippen molar-refractivity contribution in [3.63, 3.8) is 0 Å². The number of hydrogen-bond donors (Lipinski definition) is 0. The van der Waals surface area contributed by atoms with Gasteiger partial charge in [-0.15, -0.1) is 0 Å². The van der Waals surface area contributed by atoms with E-state index in [2.05, 4.69) is 39.0 Å². The van der Waals surface area contributed by atoms with Crippen LogP contribution in [-0.4, -0.2) is 0 Å². The van der Waals surface area contributed by atoms with Crippen LogP contribution < -0.4 is 0 Å². The van der Waals surface area contributed by atoms with E-state index in [9.17, 15) is 0 Å². The van der Waals surface area contributed by atoms with Gasteiger partial charge < -0.3 is 0 Å². The molecule has 3 fully saturated rings. The molecule has 0 amide bonds. The lowest BCUT2D eigenvalue weighted by atomic mass is 9.45. The summed E-state index contributed by atoms with van der Waals surface area (Å²) in [7, 11) is 0. The molecular formula is C24H37N. The van der Waals surface area contributed by atoms with E-state index >= 15 is 0 Å². The SMILES string of the molecule is C[C@H](CCC#N)[C@H]1CC[C@H]2[C@@H]3CCC4CCC=C[C@]4(C)[C@H]3CC[C@]12C. The smallest absolute Gasteiger partial charge is 0.0621 e. The number of nitrogens with zero attached hydrogens (tertiary/aromatic N) is 1. The number of rotatable bonds is 3. The molecule has 0 spiro atoms. The first kappa shape index (κ1) is 17.6. The van der Waals surface area contributed by atoms with Crippen LogP contribution in [0.5, 0.6) is 0 Å². The molecule has 4 rings (SSSR count). The molecule has 138 valence electrons. The van der Waals surface area contributed by atoms with E-state index in [-0.39, 0.29) is 0 Å². The quantitative estimate of drug-likeness (QED) is 0.522. The van der Waals surface area contributed by atoms with Gasteiger partial charge in [-0.3, -0.25) is 0 Å². The summed E-state index contributed by atoms with van der Waals surface area (Å²) in [5, 5.41) is 8.99. The summed E-state index contributed by atoms with van der Waals surface area (Å²) in [6, 6.07) is 2.38. The van der Waals surface area contributed by atoms with Gasteiger partial charge in [0.2, 0.25) is 0 Å². The Hall–Kier alpha value is -0.770. The molecule has 8 atom stereocenters. The average Bonchev–Trinajstić information content (AvgIpc) is 2.96. The predicted octanol–water partition coefficient (Wildman–Crippen LogP) is 6.75. The van der Waals surface area contributed by atoms with Gasteiger partial charge in [0.05, 0.1) is 6.07 Å². The maximum Gasteiger partial charge on any atom is 0.0621 e. The minimum Gasteiger partial charge on any atom is -0.198 e. The highest BCUT2D eigenvalue weighted by molar-refractivity contribution is 5.15. The van der Waals surface area contributed by atoms with Gasteiger partial charge in [0, 0.05) is 6.42 Å². The van der Waals surface area contributed by atoms with Crippen molar-refractivity contribution in [2.45, 2.75) is 85.0 Å². The number of fused-ring (bicyclic) bond motifs is 5. The van der Waals surface area contributed by atoms with Gasteiger partial charge in [-0.25, -0.2) is 0 Å². The molecule has 0 aromatic heterocycles. The summed E-state index contributed by atoms with van der Waals surface area (Å²) in [5.74, 6) is 5.40. The van der Waals surface area contributed by atoms with E-state index in [1.165, 1.54) is 51.4 Å². The zero-order valence-electron chi connectivity index (χ0n) is 16.6. The molecule has 25 heavy (non-hydrogen) atoms. The fourth-order valence-electron chi connectivity index (χ4n) is 8.29. The van der Waals surface area contributed by atoms with Crippen LogP contribution in [-0.2, 0) is 0 Å². The Morgan fingerprint density at radius 3 is 2.72 bits per heavy atom. The molecule has 0 heterocycles. The lowest BCUT2D eigenvalue weighted by molar-refractivity contribution is -0.0844. The van der Waals surface area contributed by atoms with Crippen molar-refractivity contribution in [1.29, 1.82) is 5.26 Å². The van der Waals surface area contributed by atoms with Gasteiger partial charge >= 0.3 is 0 Å². The van der Waals surface area contributed by atoms with E-state index in [0.717, 1.165) is 48.3 Å². The molecule has 0 aliphatic heterocycles. The van der Waals surface area contributed by atoms with Gasteiger partial charge in [-0.1, -0.05) is 32.9 Å². The van der Waals surface area contributed by atoms with Crippen molar-refractivity contribution in [2.75, 3.05) is 0 Å². The van der Waals surface area contributed by atoms with Gasteiger partial charge in [-0.2, -0.15) is 5.26 Å². The highest BCUT2D eigenvalue weighted by atomic mass is 14.6. The second kappa shape index (κ2) is 6.44. The van der Waals surface area contributed by atoms with Gasteiger partial charge in [0.15, 0.2) is 0 Å². The molecular weight excluding hydrogens is 302 g/mol. The maximum absolute atomic E-state index is 8.99. The summed E-state index contributed by atoms with van der Waals surface area (Å²) in [6.45, 7) is 7.68. The van der Waals surface area contributed by atoms with Crippen LogP contribution in [0.3, 0.4) is 0 Å². The first-order valence-electron chi connectivity index (χ1n) is 11.1. The minimum atomic E-state index is 0.493. The average molecular weight is 340 g/mol. The monoisotopic (exact) mass is 339 g/mol. The molecule has 4 aliphatic carbocycles. The van der Waals surface area contributed by atoms with Crippen molar-refractivity contribution in [3.8, 4) is 6.07 Å². The van der Waals surface area contributed by atoms with Crippen molar-refractivity contribution >= 4 is 0 Å². The van der Waals surface area contributed by atoms with E-state index < -0.39 is 0 Å². The molecule has 1 nitrogen and oxygen atoms in total. The molecule has 1 unspecified atom stereocenters. The van der Waals surface area contributed by atoms with Crippen molar-refractivity contribution < 1.29 is 0 Å². The van der Waals surface area contributed by atoms with E-state index in [4.69, 9.17) is 5.26 Å². The standard InChI is InChI=1S/C24H37N/c1-17(7-6-16-25)20-11-12-21-19-10-9-18-8-4-5-14-23(18,2)22(19)13-15-24(20,21)3/h5,14,17-22H,4,6-13,15H2,1-3H3/t17-,18?,19+,20-,21+,22+,23+,24-/m1/s1. The summed E-state index contributed by atoms with van der Waals surface area (Å²) < 4.78 is 0. The van der Waals surface area contributed by atoms with Crippen LogP contribution in [0.1, 0.15) is 85.0 Å². The van der Waals surface area contributed by atoms with Crippen LogP contribution in [0.4, 0.5) is 0 Å². The topological polar surface area (TPSA) is 23.8 Å². The van der Waals surface area contributed by atoms with Crippen molar-refractivity contribution in [3.05, 3.63) is 12.2 Å². The summed E-state index contributed by atoms with van der Waals surface area (Å²) in [4.78, 5) is 0. The largest absolute Gasteiger partial charge is 0.198 e. The van der Waals surface area contributed by atoms with E-state index in [1.54, 1.807) is 0 Å². The van der Waals surface area contributed by atoms with Crippen molar-refractivity contribution in [2.24, 2.45) is 46.3 Å². The molecule has 0 bridgehead atoms. The molecule has 0 radical (unpaired) electrons. The summed E-state index contributed by atoms with van der Waals surface area (Å²) in [5.41, 5.74) is 1.05. The maximum atomic E-state index is 8.99. The van der Waals surface area contributed by atoms with Crippen LogP contribution in [0.2, 0.25) is 0 Å². The molecule has 0 aromatic rings. The molecule has 3 saturated carbocycles. The highest BCUT2D eigenvalue weighted by Gasteiger charge is 2.59. The normalized spacial score (nSPS) is 49.6. The Bertz CT molecular complexity index is 571. The lowest BCUT2D eigenvalue weighted by Crippen LogP contribution is -2.52. The first-order chi connectivity index (χ1) is 12.0. The third-order valence-corrected chi connectivity index (χ3v) is 9.59. The Kier molecular flexibility index (Phi) is 4.54. The summed E-state index contributed by atoms with van der Waals surface area (Å²) >= 11 is 0. The third-order valence-electron chi connectivity index (χ3n) is 9.59. The van der Waals surface area contributed by atoms with E-state index in [1.807, 2.05) is 0 Å². The Labute approximate surface area is 155 Å². The van der Waals surface area contributed by atoms with Gasteiger partial charge in [0.1, 0.15) is 0 Å².